The van der Waals surface area contributed by atoms with Crippen LogP contribution in [0.15, 0.2) is 36.4 Å². The number of carbonyl (C=O) groups excluding carboxylic acids is 2. The van der Waals surface area contributed by atoms with Gasteiger partial charge in [-0.1, -0.05) is 17.7 Å². The molecule has 0 saturated carbocycles. The highest BCUT2D eigenvalue weighted by Gasteiger charge is 2.41. The van der Waals surface area contributed by atoms with Gasteiger partial charge in [0.25, 0.3) is 17.5 Å². The fourth-order valence-electron chi connectivity index (χ4n) is 2.42. The van der Waals surface area contributed by atoms with Crippen LogP contribution in [-0.2, 0) is 0 Å². The number of nitro benzene ring substituents is 1. The third-order valence-corrected chi connectivity index (χ3v) is 3.91. The number of aryl methyl sites for hydroxylation is 1. The Bertz CT molecular complexity index is 847. The van der Waals surface area contributed by atoms with Crippen LogP contribution in [0, 0.1) is 17.0 Å². The lowest BCUT2D eigenvalue weighted by molar-refractivity contribution is -0.385. The van der Waals surface area contributed by atoms with Gasteiger partial charge in [0.15, 0.2) is 0 Å². The van der Waals surface area contributed by atoms with Gasteiger partial charge in [0.1, 0.15) is 5.56 Å². The predicted octanol–water partition coefficient (Wildman–Crippen LogP) is 3.36. The van der Waals surface area contributed by atoms with E-state index in [9.17, 15) is 19.7 Å². The van der Waals surface area contributed by atoms with E-state index < -0.39 is 16.7 Å². The molecule has 0 bridgehead atoms. The number of nitro groups is 1. The van der Waals surface area contributed by atoms with E-state index in [1.165, 1.54) is 24.3 Å². The number of amides is 2. The molecule has 0 unspecified atom stereocenters. The minimum atomic E-state index is -0.700. The standard InChI is InChI=1S/C15H9ClN2O4/c1-8-7-9(5-6-11(8)16)17-14(19)10-3-2-4-12(18(21)22)13(10)15(17)20/h2-7H,1H3. The Morgan fingerprint density at radius 2 is 1.86 bits per heavy atom. The van der Waals surface area contributed by atoms with Gasteiger partial charge in [-0.15, -0.1) is 0 Å². The second kappa shape index (κ2) is 4.92. The summed E-state index contributed by atoms with van der Waals surface area (Å²) in [5, 5.41) is 11.6. The number of anilines is 1. The van der Waals surface area contributed by atoms with E-state index in [1.807, 2.05) is 0 Å². The zero-order valence-corrected chi connectivity index (χ0v) is 12.1. The first-order valence-corrected chi connectivity index (χ1v) is 6.72. The molecule has 2 aromatic carbocycles. The highest BCUT2D eigenvalue weighted by molar-refractivity contribution is 6.36. The number of hydrogen-bond acceptors (Lipinski definition) is 4. The molecule has 0 atom stereocenters. The van der Waals surface area contributed by atoms with E-state index in [2.05, 4.69) is 0 Å². The van der Waals surface area contributed by atoms with E-state index in [1.54, 1.807) is 19.1 Å². The van der Waals surface area contributed by atoms with Crippen molar-refractivity contribution in [3.63, 3.8) is 0 Å². The average Bonchev–Trinajstić information content (AvgIpc) is 2.74. The van der Waals surface area contributed by atoms with Crippen LogP contribution in [0.4, 0.5) is 11.4 Å². The summed E-state index contributed by atoms with van der Waals surface area (Å²) in [6, 6.07) is 8.70. The molecular formula is C15H9ClN2O4. The van der Waals surface area contributed by atoms with Crippen molar-refractivity contribution in [1.82, 2.24) is 0 Å². The van der Waals surface area contributed by atoms with Crippen molar-refractivity contribution in [3.05, 3.63) is 68.2 Å². The minimum Gasteiger partial charge on any atom is -0.268 e. The first-order chi connectivity index (χ1) is 10.4. The molecule has 0 aliphatic carbocycles. The van der Waals surface area contributed by atoms with Crippen LogP contribution in [0.25, 0.3) is 0 Å². The molecule has 2 aromatic rings. The summed E-state index contributed by atoms with van der Waals surface area (Å²) >= 11 is 5.94. The Hall–Kier alpha value is -2.73. The second-order valence-corrected chi connectivity index (χ2v) is 5.24. The van der Waals surface area contributed by atoms with E-state index in [0.29, 0.717) is 16.3 Å². The summed E-state index contributed by atoms with van der Waals surface area (Å²) in [5.41, 5.74) is 0.522. The number of fused-ring (bicyclic) bond motifs is 1. The quantitative estimate of drug-likeness (QED) is 0.483. The van der Waals surface area contributed by atoms with Crippen molar-refractivity contribution in [3.8, 4) is 0 Å². The number of carbonyl (C=O) groups is 2. The average molecular weight is 317 g/mol. The lowest BCUT2D eigenvalue weighted by Crippen LogP contribution is -2.29. The lowest BCUT2D eigenvalue weighted by Gasteiger charge is -2.14. The highest BCUT2D eigenvalue weighted by atomic mass is 35.5. The Labute approximate surface area is 130 Å². The molecule has 0 radical (unpaired) electrons. The van der Waals surface area contributed by atoms with E-state index in [-0.39, 0.29) is 16.8 Å². The van der Waals surface area contributed by atoms with Gasteiger partial charge in [-0.25, -0.2) is 4.90 Å². The zero-order valence-electron chi connectivity index (χ0n) is 11.4. The molecule has 7 heteroatoms. The maximum atomic E-state index is 12.5. The topological polar surface area (TPSA) is 80.5 Å². The largest absolute Gasteiger partial charge is 0.283 e. The molecule has 1 aliphatic heterocycles. The van der Waals surface area contributed by atoms with Gasteiger partial charge in [0.2, 0.25) is 0 Å². The van der Waals surface area contributed by atoms with Crippen LogP contribution in [-0.4, -0.2) is 16.7 Å². The molecule has 0 spiro atoms. The lowest BCUT2D eigenvalue weighted by atomic mass is 10.1. The maximum absolute atomic E-state index is 12.5. The van der Waals surface area contributed by atoms with Crippen molar-refractivity contribution in [1.29, 1.82) is 0 Å². The Morgan fingerprint density at radius 1 is 1.14 bits per heavy atom. The van der Waals surface area contributed by atoms with Crippen LogP contribution in [0.1, 0.15) is 26.3 Å². The van der Waals surface area contributed by atoms with Crippen molar-refractivity contribution >= 4 is 34.8 Å². The molecule has 110 valence electrons. The van der Waals surface area contributed by atoms with Gasteiger partial charge in [-0.2, -0.15) is 0 Å². The fourth-order valence-corrected chi connectivity index (χ4v) is 2.54. The molecule has 0 N–H and O–H groups in total. The minimum absolute atomic E-state index is 0.0341. The molecular weight excluding hydrogens is 308 g/mol. The van der Waals surface area contributed by atoms with Crippen LogP contribution in [0.3, 0.4) is 0 Å². The van der Waals surface area contributed by atoms with Crippen molar-refractivity contribution in [2.24, 2.45) is 0 Å². The summed E-state index contributed by atoms with van der Waals surface area (Å²) < 4.78 is 0. The Morgan fingerprint density at radius 3 is 2.50 bits per heavy atom. The number of benzene rings is 2. The maximum Gasteiger partial charge on any atom is 0.283 e. The van der Waals surface area contributed by atoms with E-state index in [0.717, 1.165) is 4.90 Å². The number of rotatable bonds is 2. The molecule has 0 saturated heterocycles. The third kappa shape index (κ3) is 1.96. The molecule has 1 aliphatic rings. The van der Waals surface area contributed by atoms with Crippen LogP contribution >= 0.6 is 11.6 Å². The number of imide groups is 1. The van der Waals surface area contributed by atoms with Crippen LogP contribution in [0.2, 0.25) is 5.02 Å². The van der Waals surface area contributed by atoms with Gasteiger partial charge in [-0.3, -0.25) is 19.7 Å². The van der Waals surface area contributed by atoms with Gasteiger partial charge in [-0.05, 0) is 36.8 Å². The smallest absolute Gasteiger partial charge is 0.268 e. The number of halogens is 1. The summed E-state index contributed by atoms with van der Waals surface area (Å²) in [7, 11) is 0. The van der Waals surface area contributed by atoms with Gasteiger partial charge in [0, 0.05) is 11.1 Å². The van der Waals surface area contributed by atoms with Gasteiger partial charge < -0.3 is 0 Å². The zero-order chi connectivity index (χ0) is 16.0. The SMILES string of the molecule is Cc1cc(N2C(=O)c3cccc([N+](=O)[O-])c3C2=O)ccc1Cl. The first-order valence-electron chi connectivity index (χ1n) is 6.34. The molecule has 3 rings (SSSR count). The predicted molar refractivity (Wildman–Crippen MR) is 80.4 cm³/mol. The van der Waals surface area contributed by atoms with E-state index >= 15 is 0 Å². The highest BCUT2D eigenvalue weighted by Crippen LogP contribution is 2.34. The molecule has 0 fully saturated rings. The number of nitrogens with zero attached hydrogens (tertiary/aromatic N) is 2. The molecule has 1 heterocycles. The summed E-state index contributed by atoms with van der Waals surface area (Å²) in [5.74, 6) is -1.28. The van der Waals surface area contributed by atoms with E-state index in [4.69, 9.17) is 11.6 Å². The third-order valence-electron chi connectivity index (χ3n) is 3.49. The molecule has 6 nitrogen and oxygen atoms in total. The van der Waals surface area contributed by atoms with Crippen molar-refractivity contribution < 1.29 is 14.5 Å². The Balaban J connectivity index is 2.16. The second-order valence-electron chi connectivity index (χ2n) is 4.84. The summed E-state index contributed by atoms with van der Waals surface area (Å²) in [4.78, 5) is 36.3. The van der Waals surface area contributed by atoms with Gasteiger partial charge >= 0.3 is 0 Å². The Kier molecular flexibility index (Phi) is 3.18. The summed E-state index contributed by atoms with van der Waals surface area (Å²) in [6.07, 6.45) is 0. The molecule has 2 amide bonds. The van der Waals surface area contributed by atoms with Crippen molar-refractivity contribution in [2.75, 3.05) is 4.90 Å². The monoisotopic (exact) mass is 316 g/mol. The first kappa shape index (κ1) is 14.2. The molecule has 22 heavy (non-hydrogen) atoms. The number of hydrogen-bond donors (Lipinski definition) is 0. The van der Waals surface area contributed by atoms with Crippen LogP contribution < -0.4 is 4.90 Å². The van der Waals surface area contributed by atoms with Crippen LogP contribution in [0.5, 0.6) is 0 Å². The normalized spacial score (nSPS) is 13.5. The van der Waals surface area contributed by atoms with Gasteiger partial charge in [0.05, 0.1) is 16.2 Å². The van der Waals surface area contributed by atoms with Crippen molar-refractivity contribution in [2.45, 2.75) is 6.92 Å². The molecule has 0 aromatic heterocycles. The fraction of sp³-hybridized carbons (Fsp3) is 0.0667. The summed E-state index contributed by atoms with van der Waals surface area (Å²) in [6.45, 7) is 1.74.